The summed E-state index contributed by atoms with van der Waals surface area (Å²) in [5.41, 5.74) is 2.50. The lowest BCUT2D eigenvalue weighted by molar-refractivity contribution is -0.138. The Morgan fingerprint density at radius 1 is 0.972 bits per heavy atom. The third-order valence-electron chi connectivity index (χ3n) is 6.69. The van der Waals surface area contributed by atoms with Crippen LogP contribution in [0.4, 0.5) is 11.4 Å². The number of ketones is 1. The van der Waals surface area contributed by atoms with E-state index >= 15 is 0 Å². The minimum absolute atomic E-state index is 0.304. The molecule has 1 amide bonds. The highest BCUT2D eigenvalue weighted by molar-refractivity contribution is 6.32. The number of fused-ring (bicyclic) bond motifs is 2. The van der Waals surface area contributed by atoms with Crippen LogP contribution in [-0.2, 0) is 16.0 Å². The maximum Gasteiger partial charge on any atom is 0.240 e. The van der Waals surface area contributed by atoms with Crippen molar-refractivity contribution in [1.29, 1.82) is 0 Å². The highest BCUT2D eigenvalue weighted by atomic mass is 35.5. The fourth-order valence-electron chi connectivity index (χ4n) is 4.79. The van der Waals surface area contributed by atoms with Crippen LogP contribution >= 0.6 is 23.2 Å². The Bertz CT molecular complexity index is 1450. The molecule has 0 radical (unpaired) electrons. The molecule has 0 saturated carbocycles. The second-order valence-corrected chi connectivity index (χ2v) is 9.83. The zero-order chi connectivity index (χ0) is 25.4. The smallest absolute Gasteiger partial charge is 0.240 e. The van der Waals surface area contributed by atoms with E-state index in [1.54, 1.807) is 37.4 Å². The van der Waals surface area contributed by atoms with E-state index in [1.165, 1.54) is 4.90 Å². The number of hydrogen-bond donors (Lipinski definition) is 2. The van der Waals surface area contributed by atoms with Crippen molar-refractivity contribution in [3.8, 4) is 0 Å². The first-order chi connectivity index (χ1) is 17.3. The number of anilines is 2. The molecule has 0 spiro atoms. The van der Waals surface area contributed by atoms with Gasteiger partial charge in [-0.1, -0.05) is 71.7 Å². The Morgan fingerprint density at radius 2 is 1.69 bits per heavy atom. The van der Waals surface area contributed by atoms with Crippen LogP contribution in [0.3, 0.4) is 0 Å². The molecule has 0 fully saturated rings. The minimum atomic E-state index is -1.35. The van der Waals surface area contributed by atoms with Crippen molar-refractivity contribution in [3.63, 3.8) is 0 Å². The maximum atomic E-state index is 14.0. The number of nitrogens with one attached hydrogen (secondary N) is 1. The van der Waals surface area contributed by atoms with Gasteiger partial charge in [-0.3, -0.25) is 9.59 Å². The molecule has 1 aliphatic rings. The van der Waals surface area contributed by atoms with Gasteiger partial charge in [0.15, 0.2) is 5.78 Å². The molecule has 4 aromatic carbocycles. The van der Waals surface area contributed by atoms with Gasteiger partial charge in [0, 0.05) is 28.3 Å². The lowest BCUT2D eigenvalue weighted by Crippen LogP contribution is -2.49. The second-order valence-electron chi connectivity index (χ2n) is 8.98. The monoisotopic (exact) mass is 518 g/mol. The Labute approximate surface area is 219 Å². The van der Waals surface area contributed by atoms with Gasteiger partial charge in [0.1, 0.15) is 12.0 Å². The third kappa shape index (κ3) is 4.58. The van der Waals surface area contributed by atoms with Crippen molar-refractivity contribution in [3.05, 3.63) is 106 Å². The molecule has 7 heteroatoms. The number of aliphatic hydroxyl groups excluding tert-OH is 1. The van der Waals surface area contributed by atoms with Crippen molar-refractivity contribution in [2.45, 2.75) is 18.6 Å². The molecule has 0 bridgehead atoms. The molecular formula is C29H24Cl2N2O3. The molecule has 0 aliphatic carbocycles. The van der Waals surface area contributed by atoms with Gasteiger partial charge in [-0.25, -0.2) is 0 Å². The molecule has 5 nitrogen and oxygen atoms in total. The number of nitrogens with zero attached hydrogens (tertiary/aromatic N) is 1. The number of carbonyl (C=O) groups is 2. The van der Waals surface area contributed by atoms with Crippen molar-refractivity contribution >= 4 is 57.0 Å². The fraction of sp³-hybridized carbons (Fsp3) is 0.172. The van der Waals surface area contributed by atoms with Gasteiger partial charge in [0.05, 0.1) is 11.7 Å². The molecule has 1 heterocycles. The summed E-state index contributed by atoms with van der Waals surface area (Å²) in [6.45, 7) is 0. The van der Waals surface area contributed by atoms with Gasteiger partial charge in [-0.05, 0) is 59.2 Å². The standard InChI is InChI=1S/C29H24Cl2N2O3/c1-33-24-8-4-7-22(31)25(24)28(35)26(29(33)36)27(34)23(15-17-9-12-20(30)13-10-17)32-21-14-11-18-5-2-3-6-19(18)16-21/h2-14,16,23,26,28,32,35H,15H2,1H3. The summed E-state index contributed by atoms with van der Waals surface area (Å²) >= 11 is 12.4. The molecule has 3 unspecified atom stereocenters. The van der Waals surface area contributed by atoms with Crippen LogP contribution in [0.1, 0.15) is 17.2 Å². The summed E-state index contributed by atoms with van der Waals surface area (Å²) in [6.07, 6.45) is -1.05. The maximum absolute atomic E-state index is 14.0. The summed E-state index contributed by atoms with van der Waals surface area (Å²) in [4.78, 5) is 28.7. The average Bonchev–Trinajstić information content (AvgIpc) is 2.88. The minimum Gasteiger partial charge on any atom is -0.387 e. The van der Waals surface area contributed by atoms with E-state index < -0.39 is 29.8 Å². The van der Waals surface area contributed by atoms with Gasteiger partial charge in [-0.15, -0.1) is 0 Å². The highest BCUT2D eigenvalue weighted by Gasteiger charge is 2.45. The summed E-state index contributed by atoms with van der Waals surface area (Å²) in [6, 6.07) is 25.3. The molecule has 36 heavy (non-hydrogen) atoms. The Morgan fingerprint density at radius 3 is 2.44 bits per heavy atom. The van der Waals surface area contributed by atoms with Crippen molar-refractivity contribution in [1.82, 2.24) is 0 Å². The van der Waals surface area contributed by atoms with E-state index in [1.807, 2.05) is 54.6 Å². The first-order valence-corrected chi connectivity index (χ1v) is 12.4. The first kappa shape index (κ1) is 24.3. The van der Waals surface area contributed by atoms with Crippen LogP contribution in [0, 0.1) is 5.92 Å². The number of rotatable bonds is 6. The number of aliphatic hydroxyl groups is 1. The highest BCUT2D eigenvalue weighted by Crippen LogP contribution is 2.42. The summed E-state index contributed by atoms with van der Waals surface area (Å²) in [7, 11) is 1.59. The van der Waals surface area contributed by atoms with E-state index in [0.29, 0.717) is 27.7 Å². The Balaban J connectivity index is 1.52. The summed E-state index contributed by atoms with van der Waals surface area (Å²) in [5.74, 6) is -2.18. The zero-order valence-corrected chi connectivity index (χ0v) is 21.0. The van der Waals surface area contributed by atoms with E-state index in [2.05, 4.69) is 5.32 Å². The van der Waals surface area contributed by atoms with Crippen molar-refractivity contribution < 1.29 is 14.7 Å². The molecule has 1 aliphatic heterocycles. The largest absolute Gasteiger partial charge is 0.387 e. The SMILES string of the molecule is CN1C(=O)C(C(=O)C(Cc2ccc(Cl)cc2)Nc2ccc3ccccc3c2)C(O)c2c(Cl)cccc21. The number of hydrogen-bond acceptors (Lipinski definition) is 4. The van der Waals surface area contributed by atoms with E-state index in [-0.39, 0.29) is 0 Å². The Hall–Kier alpha value is -3.38. The quantitative estimate of drug-likeness (QED) is 0.304. The molecule has 182 valence electrons. The van der Waals surface area contributed by atoms with E-state index in [0.717, 1.165) is 22.0 Å². The van der Waals surface area contributed by atoms with Crippen LogP contribution in [0.5, 0.6) is 0 Å². The molecule has 0 aromatic heterocycles. The number of carbonyl (C=O) groups excluding carboxylic acids is 2. The second kappa shape index (κ2) is 9.94. The van der Waals surface area contributed by atoms with Crippen LogP contribution in [-0.4, -0.2) is 29.9 Å². The molecule has 2 N–H and O–H groups in total. The number of halogens is 2. The van der Waals surface area contributed by atoms with Gasteiger partial charge in [0.25, 0.3) is 0 Å². The van der Waals surface area contributed by atoms with Crippen LogP contribution in [0.15, 0.2) is 84.9 Å². The number of benzene rings is 4. The van der Waals surface area contributed by atoms with Crippen LogP contribution in [0.25, 0.3) is 10.8 Å². The van der Waals surface area contributed by atoms with Crippen molar-refractivity contribution in [2.24, 2.45) is 5.92 Å². The molecular weight excluding hydrogens is 495 g/mol. The molecule has 5 rings (SSSR count). The predicted molar refractivity (Wildman–Crippen MR) is 145 cm³/mol. The average molecular weight is 519 g/mol. The van der Waals surface area contributed by atoms with Crippen LogP contribution in [0.2, 0.25) is 10.0 Å². The van der Waals surface area contributed by atoms with Gasteiger partial charge in [-0.2, -0.15) is 0 Å². The van der Waals surface area contributed by atoms with E-state index in [4.69, 9.17) is 23.2 Å². The predicted octanol–water partition coefficient (Wildman–Crippen LogP) is 6.07. The fourth-order valence-corrected chi connectivity index (χ4v) is 5.20. The lowest BCUT2D eigenvalue weighted by Gasteiger charge is -2.36. The summed E-state index contributed by atoms with van der Waals surface area (Å²) in [5, 5.41) is 17.6. The van der Waals surface area contributed by atoms with Gasteiger partial charge in [0.2, 0.25) is 5.91 Å². The van der Waals surface area contributed by atoms with Gasteiger partial charge < -0.3 is 15.3 Å². The topological polar surface area (TPSA) is 69.6 Å². The van der Waals surface area contributed by atoms with Crippen molar-refractivity contribution in [2.75, 3.05) is 17.3 Å². The zero-order valence-electron chi connectivity index (χ0n) is 19.5. The van der Waals surface area contributed by atoms with Gasteiger partial charge >= 0.3 is 0 Å². The third-order valence-corrected chi connectivity index (χ3v) is 7.27. The Kier molecular flexibility index (Phi) is 6.71. The number of amides is 1. The molecule has 0 saturated heterocycles. The lowest BCUT2D eigenvalue weighted by atomic mass is 9.82. The molecule has 3 atom stereocenters. The summed E-state index contributed by atoms with van der Waals surface area (Å²) < 4.78 is 0. The molecule has 4 aromatic rings. The first-order valence-electron chi connectivity index (χ1n) is 11.6. The van der Waals surface area contributed by atoms with E-state index in [9.17, 15) is 14.7 Å². The number of Topliss-reactive ketones (excluding diaryl/α,β-unsaturated/α-hetero) is 1. The van der Waals surface area contributed by atoms with Crippen LogP contribution < -0.4 is 10.2 Å². The normalized spacial score (nSPS) is 18.1.